The van der Waals surface area contributed by atoms with Gasteiger partial charge in [0.25, 0.3) is 0 Å². The van der Waals surface area contributed by atoms with E-state index in [9.17, 15) is 9.59 Å². The third-order valence-corrected chi connectivity index (χ3v) is 4.87. The summed E-state index contributed by atoms with van der Waals surface area (Å²) in [6.45, 7) is 6.84. The van der Waals surface area contributed by atoms with Crippen LogP contribution in [0.1, 0.15) is 45.1 Å². The molecule has 2 aromatic carbocycles. The van der Waals surface area contributed by atoms with E-state index in [0.29, 0.717) is 12.3 Å². The van der Waals surface area contributed by atoms with Crippen molar-refractivity contribution in [3.8, 4) is 0 Å². The van der Waals surface area contributed by atoms with Gasteiger partial charge in [-0.25, -0.2) is 0 Å². The van der Waals surface area contributed by atoms with Crippen LogP contribution in [0.3, 0.4) is 0 Å². The minimum Gasteiger partial charge on any atom is -0.374 e. The molecular weight excluding hydrogens is 338 g/mol. The van der Waals surface area contributed by atoms with Gasteiger partial charge < -0.3 is 15.5 Å². The number of carbonyl (C=O) groups is 2. The van der Waals surface area contributed by atoms with Crippen molar-refractivity contribution >= 4 is 28.9 Å². The molecule has 3 rings (SSSR count). The summed E-state index contributed by atoms with van der Waals surface area (Å²) in [5.74, 6) is 0.430. The summed E-state index contributed by atoms with van der Waals surface area (Å²) in [5, 5.41) is 6.24. The number of anilines is 3. The molecule has 0 spiro atoms. The van der Waals surface area contributed by atoms with Crippen LogP contribution in [0.2, 0.25) is 0 Å². The summed E-state index contributed by atoms with van der Waals surface area (Å²) < 4.78 is 0. The summed E-state index contributed by atoms with van der Waals surface area (Å²) in [6, 6.07) is 15.2. The molecule has 1 unspecified atom stereocenters. The molecule has 0 radical (unpaired) electrons. The largest absolute Gasteiger partial charge is 0.374 e. The molecule has 2 amide bonds. The van der Waals surface area contributed by atoms with E-state index in [-0.39, 0.29) is 17.9 Å². The van der Waals surface area contributed by atoms with Crippen LogP contribution < -0.4 is 15.5 Å². The minimum absolute atomic E-state index is 0.0816. The minimum atomic E-state index is -0.385. The number of hydrogen-bond donors (Lipinski definition) is 2. The molecule has 1 atom stereocenters. The van der Waals surface area contributed by atoms with E-state index in [1.165, 1.54) is 0 Å². The van der Waals surface area contributed by atoms with Crippen LogP contribution in [0.5, 0.6) is 0 Å². The van der Waals surface area contributed by atoms with Crippen LogP contribution in [-0.2, 0) is 9.59 Å². The zero-order valence-electron chi connectivity index (χ0n) is 16.2. The molecule has 0 bridgehead atoms. The number of nitrogens with one attached hydrogen (secondary N) is 2. The van der Waals surface area contributed by atoms with Gasteiger partial charge in [0, 0.05) is 30.0 Å². The Hall–Kier alpha value is -2.82. The second-order valence-corrected chi connectivity index (χ2v) is 7.29. The van der Waals surface area contributed by atoms with E-state index in [1.54, 1.807) is 0 Å². The fourth-order valence-electron chi connectivity index (χ4n) is 3.33. The molecule has 1 aliphatic heterocycles. The van der Waals surface area contributed by atoms with Gasteiger partial charge in [-0.15, -0.1) is 0 Å². The third-order valence-electron chi connectivity index (χ3n) is 4.87. The standard InChI is InChI=1S/C22H27N3O2/c1-15(2)19-7-4-5-8-20(19)24-22(27)16(3)23-17-10-12-18(13-11-17)25-14-6-9-21(25)26/h4-5,7-8,10-13,15-16,23H,6,9,14H2,1-3H3,(H,24,27). The topological polar surface area (TPSA) is 61.4 Å². The van der Waals surface area contributed by atoms with Gasteiger partial charge in [-0.1, -0.05) is 32.0 Å². The van der Waals surface area contributed by atoms with Crippen molar-refractivity contribution < 1.29 is 9.59 Å². The average Bonchev–Trinajstić information content (AvgIpc) is 3.08. The molecule has 27 heavy (non-hydrogen) atoms. The van der Waals surface area contributed by atoms with Gasteiger partial charge in [0.05, 0.1) is 0 Å². The Balaban J connectivity index is 1.62. The number of benzene rings is 2. The Morgan fingerprint density at radius 2 is 1.74 bits per heavy atom. The van der Waals surface area contributed by atoms with Crippen molar-refractivity contribution in [2.45, 2.75) is 45.6 Å². The van der Waals surface area contributed by atoms with E-state index >= 15 is 0 Å². The fourth-order valence-corrected chi connectivity index (χ4v) is 3.33. The van der Waals surface area contributed by atoms with Gasteiger partial charge in [0.2, 0.25) is 11.8 Å². The van der Waals surface area contributed by atoms with E-state index < -0.39 is 0 Å². The maximum atomic E-state index is 12.6. The number of carbonyl (C=O) groups excluding carboxylic acids is 2. The SMILES string of the molecule is CC(Nc1ccc(N2CCCC2=O)cc1)C(=O)Nc1ccccc1C(C)C. The number of hydrogen-bond acceptors (Lipinski definition) is 3. The Morgan fingerprint density at radius 1 is 1.04 bits per heavy atom. The first kappa shape index (κ1) is 19.0. The monoisotopic (exact) mass is 365 g/mol. The van der Waals surface area contributed by atoms with Crippen LogP contribution in [0.15, 0.2) is 48.5 Å². The molecule has 142 valence electrons. The molecule has 0 aliphatic carbocycles. The zero-order chi connectivity index (χ0) is 19.4. The van der Waals surface area contributed by atoms with Crippen molar-refractivity contribution in [3.63, 3.8) is 0 Å². The lowest BCUT2D eigenvalue weighted by atomic mass is 10.0. The van der Waals surface area contributed by atoms with Crippen LogP contribution in [0.25, 0.3) is 0 Å². The van der Waals surface area contributed by atoms with Crippen molar-refractivity contribution in [1.29, 1.82) is 0 Å². The second kappa shape index (κ2) is 8.25. The van der Waals surface area contributed by atoms with Crippen LogP contribution in [-0.4, -0.2) is 24.4 Å². The van der Waals surface area contributed by atoms with Gasteiger partial charge in [0.1, 0.15) is 6.04 Å². The predicted molar refractivity (Wildman–Crippen MR) is 110 cm³/mol. The smallest absolute Gasteiger partial charge is 0.246 e. The molecule has 1 saturated heterocycles. The maximum Gasteiger partial charge on any atom is 0.246 e. The number of nitrogens with zero attached hydrogens (tertiary/aromatic N) is 1. The summed E-state index contributed by atoms with van der Waals surface area (Å²) in [5.41, 5.74) is 3.74. The van der Waals surface area contributed by atoms with Crippen LogP contribution in [0.4, 0.5) is 17.1 Å². The van der Waals surface area contributed by atoms with E-state index in [0.717, 1.165) is 35.6 Å². The van der Waals surface area contributed by atoms with Crippen molar-refractivity contribution in [1.82, 2.24) is 0 Å². The maximum absolute atomic E-state index is 12.6. The predicted octanol–water partition coefficient (Wildman–Crippen LogP) is 4.38. The molecule has 1 heterocycles. The van der Waals surface area contributed by atoms with Gasteiger partial charge >= 0.3 is 0 Å². The second-order valence-electron chi connectivity index (χ2n) is 7.29. The summed E-state index contributed by atoms with van der Waals surface area (Å²) in [4.78, 5) is 26.2. The summed E-state index contributed by atoms with van der Waals surface area (Å²) >= 11 is 0. The molecule has 2 N–H and O–H groups in total. The van der Waals surface area contributed by atoms with Crippen molar-refractivity contribution in [3.05, 3.63) is 54.1 Å². The van der Waals surface area contributed by atoms with Crippen molar-refractivity contribution in [2.24, 2.45) is 0 Å². The van der Waals surface area contributed by atoms with Gasteiger partial charge in [-0.2, -0.15) is 0 Å². The first-order chi connectivity index (χ1) is 13.0. The Labute approximate surface area is 160 Å². The highest BCUT2D eigenvalue weighted by atomic mass is 16.2. The molecule has 5 heteroatoms. The Morgan fingerprint density at radius 3 is 2.37 bits per heavy atom. The third kappa shape index (κ3) is 4.48. The molecule has 1 fully saturated rings. The van der Waals surface area contributed by atoms with Crippen LogP contribution in [0, 0.1) is 0 Å². The highest BCUT2D eigenvalue weighted by Gasteiger charge is 2.21. The molecule has 0 saturated carbocycles. The molecule has 5 nitrogen and oxygen atoms in total. The highest BCUT2D eigenvalue weighted by Crippen LogP contribution is 2.25. The lowest BCUT2D eigenvalue weighted by Crippen LogP contribution is -2.32. The van der Waals surface area contributed by atoms with E-state index in [4.69, 9.17) is 0 Å². The number of amides is 2. The lowest BCUT2D eigenvalue weighted by molar-refractivity contribution is -0.117. The highest BCUT2D eigenvalue weighted by molar-refractivity contribution is 5.97. The first-order valence-corrected chi connectivity index (χ1v) is 9.52. The van der Waals surface area contributed by atoms with E-state index in [1.807, 2.05) is 60.4 Å². The van der Waals surface area contributed by atoms with E-state index in [2.05, 4.69) is 24.5 Å². The van der Waals surface area contributed by atoms with Gasteiger partial charge in [-0.05, 0) is 55.2 Å². The normalized spacial score (nSPS) is 15.1. The van der Waals surface area contributed by atoms with Crippen molar-refractivity contribution in [2.75, 3.05) is 22.1 Å². The molecule has 2 aromatic rings. The van der Waals surface area contributed by atoms with Crippen LogP contribution >= 0.6 is 0 Å². The summed E-state index contributed by atoms with van der Waals surface area (Å²) in [6.07, 6.45) is 1.53. The lowest BCUT2D eigenvalue weighted by Gasteiger charge is -2.19. The quantitative estimate of drug-likeness (QED) is 0.799. The molecule has 0 aromatic heterocycles. The van der Waals surface area contributed by atoms with Gasteiger partial charge in [0.15, 0.2) is 0 Å². The average molecular weight is 365 g/mol. The fraction of sp³-hybridized carbons (Fsp3) is 0.364. The Kier molecular flexibility index (Phi) is 5.79. The zero-order valence-corrected chi connectivity index (χ0v) is 16.2. The molecule has 1 aliphatic rings. The molecular formula is C22H27N3O2. The Bertz CT molecular complexity index is 815. The van der Waals surface area contributed by atoms with Gasteiger partial charge in [-0.3, -0.25) is 9.59 Å². The number of para-hydroxylation sites is 1. The summed E-state index contributed by atoms with van der Waals surface area (Å²) in [7, 11) is 0. The first-order valence-electron chi connectivity index (χ1n) is 9.52. The number of rotatable bonds is 6.